The van der Waals surface area contributed by atoms with Crippen LogP contribution in [-0.2, 0) is 5.54 Å². The van der Waals surface area contributed by atoms with Crippen molar-refractivity contribution in [2.75, 3.05) is 30.2 Å². The second kappa shape index (κ2) is 13.0. The van der Waals surface area contributed by atoms with Gasteiger partial charge in [-0.15, -0.1) is 16.2 Å². The average molecular weight is 581 g/mol. The molecule has 4 rings (SSSR count). The molecular weight excluding hydrogens is 552 g/mol. The predicted molar refractivity (Wildman–Crippen MR) is 163 cm³/mol. The largest absolute Gasteiger partial charge is 0.496 e. The van der Waals surface area contributed by atoms with Gasteiger partial charge >= 0.3 is 0 Å². The summed E-state index contributed by atoms with van der Waals surface area (Å²) in [5.41, 5.74) is 3.90. The number of methoxy groups -OCH3 is 1. The maximum atomic E-state index is 12.2. The van der Waals surface area contributed by atoms with E-state index in [4.69, 9.17) is 16.3 Å². The minimum absolute atomic E-state index is 0.132. The van der Waals surface area contributed by atoms with Gasteiger partial charge in [0.25, 0.3) is 5.91 Å². The van der Waals surface area contributed by atoms with Crippen LogP contribution in [0.2, 0.25) is 4.34 Å². The lowest BCUT2D eigenvalue weighted by atomic mass is 9.92. The fourth-order valence-corrected chi connectivity index (χ4v) is 5.53. The third-order valence-electron chi connectivity index (χ3n) is 5.97. The summed E-state index contributed by atoms with van der Waals surface area (Å²) in [5.74, 6) is 0.617. The van der Waals surface area contributed by atoms with Crippen molar-refractivity contribution >= 4 is 52.2 Å². The van der Waals surface area contributed by atoms with E-state index in [0.29, 0.717) is 22.3 Å². The molecule has 0 aliphatic heterocycles. The minimum Gasteiger partial charge on any atom is -0.496 e. The highest BCUT2D eigenvalue weighted by Crippen LogP contribution is 2.36. The standard InChI is InChI=1S/C29H29ClN4O3S2/c1-29(2,34-36)21-7-4-6-19(16-21)20-10-11-24(37-3)26(17-20)39-33-23-9-5-8-22(18-23)31-14-15-32-28(35)25-12-13-27(30)38-25/h4-13,16-18,31,33H,14-15H2,1-3H3,(H,32,35). The van der Waals surface area contributed by atoms with Gasteiger partial charge in [-0.25, -0.2) is 0 Å². The maximum Gasteiger partial charge on any atom is 0.261 e. The molecule has 1 aromatic heterocycles. The van der Waals surface area contributed by atoms with E-state index in [9.17, 15) is 9.70 Å². The van der Waals surface area contributed by atoms with Gasteiger partial charge in [0.2, 0.25) is 0 Å². The van der Waals surface area contributed by atoms with Crippen molar-refractivity contribution in [1.82, 2.24) is 5.32 Å². The zero-order valence-corrected chi connectivity index (χ0v) is 24.2. The first-order chi connectivity index (χ1) is 18.8. The van der Waals surface area contributed by atoms with Gasteiger partial charge in [0.05, 0.1) is 21.2 Å². The van der Waals surface area contributed by atoms with Crippen LogP contribution in [0, 0.1) is 4.91 Å². The number of hydrogen-bond donors (Lipinski definition) is 3. The van der Waals surface area contributed by atoms with Crippen molar-refractivity contribution in [1.29, 1.82) is 0 Å². The van der Waals surface area contributed by atoms with Crippen molar-refractivity contribution in [3.63, 3.8) is 0 Å². The van der Waals surface area contributed by atoms with Crippen LogP contribution in [0.4, 0.5) is 11.4 Å². The Morgan fingerprint density at radius 2 is 1.74 bits per heavy atom. The number of nitroso groups, excluding NO2 is 1. The lowest BCUT2D eigenvalue weighted by Gasteiger charge is -2.17. The van der Waals surface area contributed by atoms with Gasteiger partial charge in [0.1, 0.15) is 11.3 Å². The molecule has 39 heavy (non-hydrogen) atoms. The number of nitrogens with zero attached hydrogens (tertiary/aromatic N) is 1. The van der Waals surface area contributed by atoms with Crippen molar-refractivity contribution in [2.45, 2.75) is 24.3 Å². The SMILES string of the molecule is COc1ccc(-c2cccc(C(C)(C)N=O)c2)cc1SNc1cccc(NCCNC(=O)c2ccc(Cl)s2)c1. The first-order valence-electron chi connectivity index (χ1n) is 12.2. The second-order valence-electron chi connectivity index (χ2n) is 9.17. The van der Waals surface area contributed by atoms with Gasteiger partial charge in [0, 0.05) is 24.5 Å². The second-order valence-corrected chi connectivity index (χ2v) is 11.7. The average Bonchev–Trinajstić information content (AvgIpc) is 3.40. The van der Waals surface area contributed by atoms with E-state index in [-0.39, 0.29) is 5.91 Å². The van der Waals surface area contributed by atoms with E-state index >= 15 is 0 Å². The number of carbonyl (C=O) groups is 1. The van der Waals surface area contributed by atoms with E-state index in [1.807, 2.05) is 60.7 Å². The highest BCUT2D eigenvalue weighted by atomic mass is 35.5. The number of amides is 1. The molecule has 0 aliphatic rings. The Kier molecular flexibility index (Phi) is 9.50. The summed E-state index contributed by atoms with van der Waals surface area (Å²) in [5, 5.41) is 9.49. The highest BCUT2D eigenvalue weighted by molar-refractivity contribution is 8.00. The Morgan fingerprint density at radius 1 is 0.974 bits per heavy atom. The molecule has 0 spiro atoms. The summed E-state index contributed by atoms with van der Waals surface area (Å²) in [6.45, 7) is 4.66. The van der Waals surface area contributed by atoms with Gasteiger partial charge in [-0.2, -0.15) is 0 Å². The van der Waals surface area contributed by atoms with Gasteiger partial charge < -0.3 is 20.1 Å². The number of nitrogens with one attached hydrogen (secondary N) is 3. The lowest BCUT2D eigenvalue weighted by Crippen LogP contribution is -2.28. The number of anilines is 2. The number of carbonyl (C=O) groups excluding carboxylic acids is 1. The van der Waals surface area contributed by atoms with Crippen LogP contribution in [0.25, 0.3) is 11.1 Å². The molecule has 0 fully saturated rings. The summed E-state index contributed by atoms with van der Waals surface area (Å²) in [4.78, 5) is 25.0. The Morgan fingerprint density at radius 3 is 2.49 bits per heavy atom. The highest BCUT2D eigenvalue weighted by Gasteiger charge is 2.21. The smallest absolute Gasteiger partial charge is 0.261 e. The summed E-state index contributed by atoms with van der Waals surface area (Å²) < 4.78 is 9.58. The van der Waals surface area contributed by atoms with E-state index in [1.165, 1.54) is 23.3 Å². The molecule has 4 aromatic rings. The number of thiophene rings is 1. The molecule has 10 heteroatoms. The molecule has 0 saturated carbocycles. The summed E-state index contributed by atoms with van der Waals surface area (Å²) >= 11 is 8.61. The normalized spacial score (nSPS) is 11.1. The van der Waals surface area contributed by atoms with Crippen LogP contribution >= 0.6 is 34.9 Å². The first-order valence-corrected chi connectivity index (χ1v) is 14.2. The van der Waals surface area contributed by atoms with Crippen LogP contribution in [0.15, 0.2) is 88.9 Å². The molecule has 0 saturated heterocycles. The number of hydrogen-bond acceptors (Lipinski definition) is 8. The molecule has 7 nitrogen and oxygen atoms in total. The van der Waals surface area contributed by atoms with Crippen molar-refractivity contribution in [2.24, 2.45) is 5.18 Å². The zero-order valence-electron chi connectivity index (χ0n) is 21.8. The van der Waals surface area contributed by atoms with Crippen LogP contribution in [-0.4, -0.2) is 26.1 Å². The third-order valence-corrected chi connectivity index (χ3v) is 8.08. The van der Waals surface area contributed by atoms with Crippen LogP contribution in [0.5, 0.6) is 5.75 Å². The molecule has 3 N–H and O–H groups in total. The van der Waals surface area contributed by atoms with Gasteiger partial charge in [0.15, 0.2) is 0 Å². The van der Waals surface area contributed by atoms with Crippen LogP contribution in [0.1, 0.15) is 29.1 Å². The molecule has 3 aromatic carbocycles. The van der Waals surface area contributed by atoms with E-state index in [2.05, 4.69) is 26.6 Å². The van der Waals surface area contributed by atoms with Gasteiger partial charge in [-0.05, 0) is 91.0 Å². The Balaban J connectivity index is 1.38. The number of halogens is 1. The summed E-state index contributed by atoms with van der Waals surface area (Å²) in [6, 6.07) is 25.2. The molecule has 0 bridgehead atoms. The fourth-order valence-electron chi connectivity index (χ4n) is 3.78. The lowest BCUT2D eigenvalue weighted by molar-refractivity contribution is 0.0959. The number of ether oxygens (including phenoxy) is 1. The van der Waals surface area contributed by atoms with E-state index in [0.717, 1.165) is 38.7 Å². The molecule has 1 heterocycles. The van der Waals surface area contributed by atoms with Gasteiger partial charge in [-0.3, -0.25) is 4.79 Å². The first kappa shape index (κ1) is 28.5. The molecule has 0 atom stereocenters. The molecule has 202 valence electrons. The monoisotopic (exact) mass is 580 g/mol. The Labute approximate surface area is 241 Å². The van der Waals surface area contributed by atoms with E-state index in [1.54, 1.807) is 33.1 Å². The quantitative estimate of drug-likeness (QED) is 0.0892. The Bertz CT molecular complexity index is 1460. The topological polar surface area (TPSA) is 91.8 Å². The molecule has 0 radical (unpaired) electrons. The number of rotatable bonds is 12. The minimum atomic E-state index is -0.801. The Hall–Kier alpha value is -3.53. The molecule has 0 unspecified atom stereocenters. The predicted octanol–water partition coefficient (Wildman–Crippen LogP) is 8.04. The van der Waals surface area contributed by atoms with Crippen molar-refractivity contribution < 1.29 is 9.53 Å². The summed E-state index contributed by atoms with van der Waals surface area (Å²) in [7, 11) is 1.65. The molecule has 1 amide bonds. The van der Waals surface area contributed by atoms with Crippen molar-refractivity contribution in [3.8, 4) is 16.9 Å². The fraction of sp³-hybridized carbons (Fsp3) is 0.207. The molecular formula is C29H29ClN4O3S2. The summed E-state index contributed by atoms with van der Waals surface area (Å²) in [6.07, 6.45) is 0. The van der Waals surface area contributed by atoms with Crippen LogP contribution < -0.4 is 20.1 Å². The maximum absolute atomic E-state index is 12.2. The van der Waals surface area contributed by atoms with Crippen molar-refractivity contribution in [3.05, 3.63) is 98.5 Å². The zero-order chi connectivity index (χ0) is 27.8. The molecule has 0 aliphatic carbocycles. The van der Waals surface area contributed by atoms with Crippen LogP contribution in [0.3, 0.4) is 0 Å². The third kappa shape index (κ3) is 7.53. The van der Waals surface area contributed by atoms with Gasteiger partial charge in [-0.1, -0.05) is 47.1 Å². The number of benzene rings is 3. The van der Waals surface area contributed by atoms with E-state index < -0.39 is 5.54 Å².